The summed E-state index contributed by atoms with van der Waals surface area (Å²) in [7, 11) is 0. The number of hydrogen-bond acceptors (Lipinski definition) is 4. The molecule has 0 aliphatic rings. The molecule has 3 aromatic rings. The summed E-state index contributed by atoms with van der Waals surface area (Å²) in [5.74, 6) is 0. The van der Waals surface area contributed by atoms with Crippen molar-refractivity contribution in [3.8, 4) is 0 Å². The normalized spacial score (nSPS) is 11.1. The molecule has 0 aliphatic carbocycles. The summed E-state index contributed by atoms with van der Waals surface area (Å²) in [6, 6.07) is 2.01. The summed E-state index contributed by atoms with van der Waals surface area (Å²) < 4.78 is 2.40. The van der Waals surface area contributed by atoms with Crippen molar-refractivity contribution < 1.29 is 0 Å². The van der Waals surface area contributed by atoms with E-state index >= 15 is 0 Å². The third-order valence-corrected chi connectivity index (χ3v) is 3.11. The molecule has 0 aromatic carbocycles. The van der Waals surface area contributed by atoms with Crippen molar-refractivity contribution in [2.45, 2.75) is 0 Å². The number of aromatic nitrogens is 3. The smallest absolute Gasteiger partial charge is 0.0675 e. The van der Waals surface area contributed by atoms with E-state index in [1.165, 1.54) is 4.70 Å². The van der Waals surface area contributed by atoms with Gasteiger partial charge in [-0.05, 0) is 6.07 Å². The average Bonchev–Trinajstić information content (AvgIpc) is 2.56. The van der Waals surface area contributed by atoms with Gasteiger partial charge in [0, 0.05) is 27.9 Å². The minimum atomic E-state index is 1.14. The molecule has 4 heteroatoms. The third kappa shape index (κ3) is 0.922. The lowest BCUT2D eigenvalue weighted by Crippen LogP contribution is -1.75. The van der Waals surface area contributed by atoms with Gasteiger partial charge < -0.3 is 0 Å². The lowest BCUT2D eigenvalue weighted by Gasteiger charge is -1.86. The fraction of sp³-hybridized carbons (Fsp3) is 0. The minimum absolute atomic E-state index is 1.14. The van der Waals surface area contributed by atoms with Crippen LogP contribution in [0.15, 0.2) is 30.9 Å². The lowest BCUT2D eigenvalue weighted by molar-refractivity contribution is 1.05. The van der Waals surface area contributed by atoms with Gasteiger partial charge in [-0.2, -0.15) is 10.2 Å². The van der Waals surface area contributed by atoms with Gasteiger partial charge in [-0.15, -0.1) is 11.3 Å². The first-order valence-corrected chi connectivity index (χ1v) is 4.70. The Balaban J connectivity index is 2.64. The molecule has 13 heavy (non-hydrogen) atoms. The first-order chi connectivity index (χ1) is 6.45. The SMILES string of the molecule is c1cc2sc3cnncc3c2cn1. The van der Waals surface area contributed by atoms with Crippen LogP contribution in [0, 0.1) is 0 Å². The van der Waals surface area contributed by atoms with Crippen LogP contribution in [0.5, 0.6) is 0 Å². The Morgan fingerprint density at radius 1 is 0.923 bits per heavy atom. The van der Waals surface area contributed by atoms with E-state index in [4.69, 9.17) is 0 Å². The third-order valence-electron chi connectivity index (χ3n) is 1.99. The quantitative estimate of drug-likeness (QED) is 0.541. The molecule has 0 fully saturated rings. The Morgan fingerprint density at radius 3 is 2.77 bits per heavy atom. The van der Waals surface area contributed by atoms with E-state index in [1.54, 1.807) is 29.9 Å². The maximum atomic E-state index is 4.09. The first kappa shape index (κ1) is 6.91. The average molecular weight is 187 g/mol. The second-order valence-corrected chi connectivity index (χ2v) is 3.82. The van der Waals surface area contributed by atoms with E-state index in [2.05, 4.69) is 15.2 Å². The maximum absolute atomic E-state index is 4.09. The van der Waals surface area contributed by atoms with E-state index in [0.29, 0.717) is 0 Å². The van der Waals surface area contributed by atoms with E-state index in [0.717, 1.165) is 15.5 Å². The standard InChI is InChI=1S/C9H5N3S/c1-2-10-3-6-7-4-11-12-5-9(7)13-8(1)6/h1-5H. The summed E-state index contributed by atoms with van der Waals surface area (Å²) in [6.07, 6.45) is 7.25. The summed E-state index contributed by atoms with van der Waals surface area (Å²) in [5.41, 5.74) is 0. The number of thiophene rings is 1. The van der Waals surface area contributed by atoms with Crippen molar-refractivity contribution in [3.05, 3.63) is 30.9 Å². The highest BCUT2D eigenvalue weighted by Gasteiger charge is 2.03. The van der Waals surface area contributed by atoms with Crippen LogP contribution < -0.4 is 0 Å². The molecule has 0 saturated heterocycles. The van der Waals surface area contributed by atoms with E-state index in [-0.39, 0.29) is 0 Å². The van der Waals surface area contributed by atoms with Crippen LogP contribution in [0.3, 0.4) is 0 Å². The molecule has 62 valence electrons. The molecule has 0 unspecified atom stereocenters. The zero-order valence-corrected chi connectivity index (χ0v) is 7.45. The fourth-order valence-corrected chi connectivity index (χ4v) is 2.40. The molecule has 0 aliphatic heterocycles. The van der Waals surface area contributed by atoms with Gasteiger partial charge in [0.25, 0.3) is 0 Å². The molecule has 3 rings (SSSR count). The van der Waals surface area contributed by atoms with Crippen LogP contribution in [-0.4, -0.2) is 15.2 Å². The largest absolute Gasteiger partial charge is 0.264 e. The zero-order chi connectivity index (χ0) is 8.67. The van der Waals surface area contributed by atoms with Gasteiger partial charge in [-0.1, -0.05) is 0 Å². The van der Waals surface area contributed by atoms with Gasteiger partial charge in [0.1, 0.15) is 0 Å². The van der Waals surface area contributed by atoms with Crippen molar-refractivity contribution in [3.63, 3.8) is 0 Å². The van der Waals surface area contributed by atoms with Crippen molar-refractivity contribution in [1.29, 1.82) is 0 Å². The monoisotopic (exact) mass is 187 g/mol. The number of hydrogen-bond donors (Lipinski definition) is 0. The van der Waals surface area contributed by atoms with Crippen LogP contribution in [0.1, 0.15) is 0 Å². The molecule has 0 amide bonds. The van der Waals surface area contributed by atoms with Gasteiger partial charge in [-0.25, -0.2) is 0 Å². The predicted octanol–water partition coefficient (Wildman–Crippen LogP) is 2.24. The van der Waals surface area contributed by atoms with E-state index in [9.17, 15) is 0 Å². The Hall–Kier alpha value is -1.55. The number of pyridine rings is 1. The Labute approximate surface area is 78.1 Å². The Kier molecular flexibility index (Phi) is 1.31. The topological polar surface area (TPSA) is 38.7 Å². The van der Waals surface area contributed by atoms with Gasteiger partial charge in [0.15, 0.2) is 0 Å². The van der Waals surface area contributed by atoms with Crippen molar-refractivity contribution in [1.82, 2.24) is 15.2 Å². The number of nitrogens with zero attached hydrogens (tertiary/aromatic N) is 3. The van der Waals surface area contributed by atoms with Crippen molar-refractivity contribution in [2.75, 3.05) is 0 Å². The van der Waals surface area contributed by atoms with Gasteiger partial charge in [0.05, 0.1) is 17.1 Å². The highest BCUT2D eigenvalue weighted by atomic mass is 32.1. The molecular formula is C9H5N3S. The fourth-order valence-electron chi connectivity index (χ4n) is 1.39. The molecule has 0 spiro atoms. The highest BCUT2D eigenvalue weighted by Crippen LogP contribution is 2.31. The van der Waals surface area contributed by atoms with Gasteiger partial charge in [-0.3, -0.25) is 4.98 Å². The molecule has 0 N–H and O–H groups in total. The van der Waals surface area contributed by atoms with Crippen LogP contribution >= 0.6 is 11.3 Å². The van der Waals surface area contributed by atoms with Crippen LogP contribution in [-0.2, 0) is 0 Å². The number of rotatable bonds is 0. The van der Waals surface area contributed by atoms with Crippen molar-refractivity contribution in [2.24, 2.45) is 0 Å². The van der Waals surface area contributed by atoms with Crippen LogP contribution in [0.4, 0.5) is 0 Å². The van der Waals surface area contributed by atoms with Crippen molar-refractivity contribution >= 4 is 31.5 Å². The molecule has 0 atom stereocenters. The van der Waals surface area contributed by atoms with E-state index in [1.807, 2.05) is 12.3 Å². The molecule has 3 aromatic heterocycles. The lowest BCUT2D eigenvalue weighted by atomic mass is 10.2. The Morgan fingerprint density at radius 2 is 1.77 bits per heavy atom. The first-order valence-electron chi connectivity index (χ1n) is 3.88. The molecular weight excluding hydrogens is 182 g/mol. The summed E-state index contributed by atoms with van der Waals surface area (Å²) in [5, 5.41) is 10.0. The van der Waals surface area contributed by atoms with Gasteiger partial charge in [0.2, 0.25) is 0 Å². The molecule has 3 heterocycles. The molecule has 3 nitrogen and oxygen atoms in total. The van der Waals surface area contributed by atoms with Gasteiger partial charge >= 0.3 is 0 Å². The molecule has 0 saturated carbocycles. The Bertz CT molecular complexity index is 523. The molecule has 0 bridgehead atoms. The molecule has 0 radical (unpaired) electrons. The van der Waals surface area contributed by atoms with E-state index < -0.39 is 0 Å². The van der Waals surface area contributed by atoms with Crippen LogP contribution in [0.25, 0.3) is 20.2 Å². The second kappa shape index (κ2) is 2.47. The maximum Gasteiger partial charge on any atom is 0.0675 e. The zero-order valence-electron chi connectivity index (χ0n) is 6.64. The predicted molar refractivity (Wildman–Crippen MR) is 52.7 cm³/mol. The minimum Gasteiger partial charge on any atom is -0.264 e. The van der Waals surface area contributed by atoms with Crippen LogP contribution in [0.2, 0.25) is 0 Å². The second-order valence-electron chi connectivity index (χ2n) is 2.74. The number of fused-ring (bicyclic) bond motifs is 3. The summed E-state index contributed by atoms with van der Waals surface area (Å²) >= 11 is 1.72. The summed E-state index contributed by atoms with van der Waals surface area (Å²) in [4.78, 5) is 4.09. The highest BCUT2D eigenvalue weighted by molar-refractivity contribution is 7.25. The summed E-state index contributed by atoms with van der Waals surface area (Å²) in [6.45, 7) is 0.